The number of anilines is 2. The maximum Gasteiger partial charge on any atom is 0.255 e. The monoisotopic (exact) mass is 572 g/mol. The molecule has 0 radical (unpaired) electrons. The molecule has 6 rings (SSSR count). The first-order chi connectivity index (χ1) is 20.8. The van der Waals surface area contributed by atoms with Gasteiger partial charge in [0, 0.05) is 45.8 Å². The van der Waals surface area contributed by atoms with Crippen LogP contribution in [0.5, 0.6) is 0 Å². The molecule has 212 valence electrons. The quantitative estimate of drug-likeness (QED) is 0.169. The fraction of sp³-hybridized carbons (Fsp3) is 0.0303. The summed E-state index contributed by atoms with van der Waals surface area (Å²) in [7, 11) is 0. The molecule has 0 atom stereocenters. The van der Waals surface area contributed by atoms with E-state index in [-0.39, 0.29) is 18.0 Å². The molecular weight excluding hydrogens is 547 g/mol. The third kappa shape index (κ3) is 5.18. The molecule has 4 aromatic carbocycles. The van der Waals surface area contributed by atoms with Crippen molar-refractivity contribution in [1.29, 1.82) is 0 Å². The number of amides is 3. The van der Waals surface area contributed by atoms with Crippen molar-refractivity contribution in [2.75, 3.05) is 10.6 Å². The van der Waals surface area contributed by atoms with E-state index in [1.165, 1.54) is 24.3 Å². The van der Waals surface area contributed by atoms with Crippen LogP contribution >= 0.6 is 0 Å². The lowest BCUT2D eigenvalue weighted by Crippen LogP contribution is -2.15. The number of fused-ring (bicyclic) bond motifs is 3. The molecule has 0 saturated heterocycles. The Balaban J connectivity index is 1.46. The molecule has 6 aromatic rings. The van der Waals surface area contributed by atoms with Crippen LogP contribution in [0, 0.1) is 5.82 Å². The van der Waals surface area contributed by atoms with Crippen molar-refractivity contribution in [2.24, 2.45) is 11.5 Å². The van der Waals surface area contributed by atoms with Crippen LogP contribution in [0.15, 0.2) is 97.3 Å². The fourth-order valence-electron chi connectivity index (χ4n) is 5.20. The first kappa shape index (κ1) is 27.3. The van der Waals surface area contributed by atoms with Gasteiger partial charge in [0.2, 0.25) is 0 Å². The average molecular weight is 573 g/mol. The fourth-order valence-corrected chi connectivity index (χ4v) is 5.20. The number of pyridine rings is 1. The molecule has 3 amide bonds. The highest BCUT2D eigenvalue weighted by molar-refractivity contribution is 6.21. The lowest BCUT2D eigenvalue weighted by Gasteiger charge is -2.16. The molecular formula is C33H25FN6O3. The third-order valence-corrected chi connectivity index (χ3v) is 7.23. The Labute approximate surface area is 244 Å². The van der Waals surface area contributed by atoms with Crippen molar-refractivity contribution in [2.45, 2.75) is 6.54 Å². The molecule has 0 fully saturated rings. The Morgan fingerprint density at radius 1 is 0.837 bits per heavy atom. The maximum absolute atomic E-state index is 13.4. The zero-order valence-corrected chi connectivity index (χ0v) is 22.6. The third-order valence-electron chi connectivity index (χ3n) is 7.23. The van der Waals surface area contributed by atoms with Crippen molar-refractivity contribution in [3.8, 4) is 11.1 Å². The number of aromatic nitrogens is 2. The van der Waals surface area contributed by atoms with Gasteiger partial charge in [-0.05, 0) is 77.4 Å². The lowest BCUT2D eigenvalue weighted by atomic mass is 9.92. The van der Waals surface area contributed by atoms with Crippen LogP contribution in [0.4, 0.5) is 15.8 Å². The van der Waals surface area contributed by atoms with Gasteiger partial charge in [-0.3, -0.25) is 19.4 Å². The standard InChI is InChI=1S/C33H25FN6O3/c34-20-9-6-18(7-10-20)32(42)40-27-5-1-4-22(26(27)16-35)23-12-13-25(31(36)41)30-29(23)24-11-8-19(15-28(24)39-30)33(43)38-21-3-2-14-37-17-21/h1-15,17,39H,16,35H2,(H2,36,41)(H,38,43)(H,40,42). The topological polar surface area (TPSA) is 156 Å². The molecule has 10 heteroatoms. The molecule has 2 heterocycles. The lowest BCUT2D eigenvalue weighted by molar-refractivity contribution is 0.0997. The Morgan fingerprint density at radius 2 is 1.60 bits per heavy atom. The number of primary amides is 1. The zero-order valence-electron chi connectivity index (χ0n) is 22.6. The number of nitrogens with one attached hydrogen (secondary N) is 3. The number of halogens is 1. The Hall–Kier alpha value is -5.87. The highest BCUT2D eigenvalue weighted by Gasteiger charge is 2.20. The van der Waals surface area contributed by atoms with E-state index in [4.69, 9.17) is 11.5 Å². The zero-order chi connectivity index (χ0) is 30.1. The second-order valence-electron chi connectivity index (χ2n) is 9.85. The molecule has 0 bridgehead atoms. The van der Waals surface area contributed by atoms with Crippen LogP contribution < -0.4 is 22.1 Å². The first-order valence-corrected chi connectivity index (χ1v) is 13.3. The molecule has 0 unspecified atom stereocenters. The molecule has 2 aromatic heterocycles. The highest BCUT2D eigenvalue weighted by Crippen LogP contribution is 2.39. The predicted molar refractivity (Wildman–Crippen MR) is 164 cm³/mol. The average Bonchev–Trinajstić information content (AvgIpc) is 3.40. The van der Waals surface area contributed by atoms with E-state index in [0.29, 0.717) is 44.5 Å². The molecule has 43 heavy (non-hydrogen) atoms. The van der Waals surface area contributed by atoms with Gasteiger partial charge in [0.25, 0.3) is 17.7 Å². The number of carbonyl (C=O) groups excluding carboxylic acids is 3. The summed E-state index contributed by atoms with van der Waals surface area (Å²) >= 11 is 0. The summed E-state index contributed by atoms with van der Waals surface area (Å²) in [5.74, 6) is -1.79. The van der Waals surface area contributed by atoms with Gasteiger partial charge in [0.05, 0.1) is 23.0 Å². The summed E-state index contributed by atoms with van der Waals surface area (Å²) in [6.07, 6.45) is 3.17. The van der Waals surface area contributed by atoms with Gasteiger partial charge in [0.1, 0.15) is 5.82 Å². The number of hydrogen-bond donors (Lipinski definition) is 5. The first-order valence-electron chi connectivity index (χ1n) is 13.3. The Morgan fingerprint density at radius 3 is 2.33 bits per heavy atom. The van der Waals surface area contributed by atoms with Gasteiger partial charge in [-0.1, -0.05) is 24.3 Å². The molecule has 0 aliphatic carbocycles. The van der Waals surface area contributed by atoms with Crippen LogP contribution in [0.25, 0.3) is 32.9 Å². The summed E-state index contributed by atoms with van der Waals surface area (Å²) in [6.45, 7) is 0.0925. The normalized spacial score (nSPS) is 11.0. The summed E-state index contributed by atoms with van der Waals surface area (Å²) < 4.78 is 13.4. The van der Waals surface area contributed by atoms with Gasteiger partial charge in [-0.15, -0.1) is 0 Å². The van der Waals surface area contributed by atoms with Gasteiger partial charge in [-0.25, -0.2) is 4.39 Å². The predicted octanol–water partition coefficient (Wildman–Crippen LogP) is 5.58. The van der Waals surface area contributed by atoms with Crippen molar-refractivity contribution in [3.05, 3.63) is 125 Å². The van der Waals surface area contributed by atoms with Crippen LogP contribution in [0.1, 0.15) is 36.6 Å². The number of H-pyrrole nitrogens is 1. The van der Waals surface area contributed by atoms with Gasteiger partial charge >= 0.3 is 0 Å². The van der Waals surface area contributed by atoms with Gasteiger partial charge in [0.15, 0.2) is 0 Å². The number of nitrogens with two attached hydrogens (primary N) is 2. The van der Waals surface area contributed by atoms with E-state index in [1.807, 2.05) is 12.1 Å². The van der Waals surface area contributed by atoms with Crippen LogP contribution in [0.3, 0.4) is 0 Å². The van der Waals surface area contributed by atoms with E-state index in [2.05, 4.69) is 20.6 Å². The van der Waals surface area contributed by atoms with E-state index < -0.39 is 17.6 Å². The summed E-state index contributed by atoms with van der Waals surface area (Å²) in [4.78, 5) is 45.6. The molecule has 9 nitrogen and oxygen atoms in total. The minimum atomic E-state index is -0.614. The summed E-state index contributed by atoms with van der Waals surface area (Å²) in [5, 5.41) is 7.17. The van der Waals surface area contributed by atoms with Crippen LogP contribution in [-0.2, 0) is 6.54 Å². The number of carbonyl (C=O) groups is 3. The molecule has 0 aliphatic rings. The van der Waals surface area contributed by atoms with E-state index in [1.54, 1.807) is 60.9 Å². The molecule has 7 N–H and O–H groups in total. The Bertz CT molecular complexity index is 2040. The van der Waals surface area contributed by atoms with Crippen molar-refractivity contribution >= 4 is 50.9 Å². The molecule has 0 aliphatic heterocycles. The van der Waals surface area contributed by atoms with E-state index >= 15 is 0 Å². The second-order valence-corrected chi connectivity index (χ2v) is 9.85. The molecule has 0 saturated carbocycles. The summed E-state index contributed by atoms with van der Waals surface area (Å²) in [5.41, 5.74) is 17.3. The van der Waals surface area contributed by atoms with Crippen molar-refractivity contribution in [3.63, 3.8) is 0 Å². The minimum Gasteiger partial charge on any atom is -0.366 e. The van der Waals surface area contributed by atoms with Crippen LogP contribution in [0.2, 0.25) is 0 Å². The van der Waals surface area contributed by atoms with Gasteiger partial charge < -0.3 is 27.1 Å². The smallest absolute Gasteiger partial charge is 0.255 e. The highest BCUT2D eigenvalue weighted by atomic mass is 19.1. The SMILES string of the molecule is NCc1c(NC(=O)c2ccc(F)cc2)cccc1-c1ccc(C(N)=O)c2[nH]c3cc(C(=O)Nc4cccnc4)ccc3c12. The van der Waals surface area contributed by atoms with E-state index in [0.717, 1.165) is 16.5 Å². The van der Waals surface area contributed by atoms with Crippen molar-refractivity contribution < 1.29 is 18.8 Å². The summed E-state index contributed by atoms with van der Waals surface area (Å²) in [6, 6.07) is 22.8. The van der Waals surface area contributed by atoms with E-state index in [9.17, 15) is 18.8 Å². The second kappa shape index (κ2) is 11.2. The van der Waals surface area contributed by atoms with Gasteiger partial charge in [-0.2, -0.15) is 0 Å². The number of nitrogens with zero attached hydrogens (tertiary/aromatic N) is 1. The Kier molecular flexibility index (Phi) is 7.10. The maximum atomic E-state index is 13.4. The number of benzene rings is 4. The molecule has 0 spiro atoms. The number of aromatic amines is 1. The van der Waals surface area contributed by atoms with Crippen LogP contribution in [-0.4, -0.2) is 27.7 Å². The largest absolute Gasteiger partial charge is 0.366 e. The number of rotatable bonds is 7. The number of hydrogen-bond acceptors (Lipinski definition) is 5. The van der Waals surface area contributed by atoms with Crippen molar-refractivity contribution in [1.82, 2.24) is 9.97 Å². The minimum absolute atomic E-state index is 0.0925.